The molecule has 0 spiro atoms. The molecule has 0 radical (unpaired) electrons. The number of aliphatic imine (C=N–C) groups is 1. The van der Waals surface area contributed by atoms with E-state index in [-0.39, 0.29) is 28.8 Å². The maximum Gasteiger partial charge on any atom is 0.137 e. The van der Waals surface area contributed by atoms with Crippen LogP contribution in [0, 0.1) is 34.5 Å². The van der Waals surface area contributed by atoms with Crippen molar-refractivity contribution in [2.45, 2.75) is 77.5 Å². The third-order valence-corrected chi connectivity index (χ3v) is 9.99. The first-order valence-corrected chi connectivity index (χ1v) is 12.6. The summed E-state index contributed by atoms with van der Waals surface area (Å²) < 4.78 is 21.9. The second kappa shape index (κ2) is 8.50. The monoisotopic (exact) mass is 445 g/mol. The average Bonchev–Trinajstić information content (AvgIpc) is 3.37. The quantitative estimate of drug-likeness (QED) is 0.493. The Morgan fingerprint density at radius 3 is 2.81 bits per heavy atom. The van der Waals surface area contributed by atoms with Crippen LogP contribution in [0.25, 0.3) is 0 Å². The van der Waals surface area contributed by atoms with Gasteiger partial charge in [0.05, 0.1) is 11.8 Å². The smallest absolute Gasteiger partial charge is 0.137 e. The molecule has 178 valence electrons. The lowest BCUT2D eigenvalue weighted by atomic mass is 9.44. The molecule has 5 aliphatic rings. The number of nitrogens with one attached hydrogen (secondary N) is 1. The zero-order chi connectivity index (χ0) is 22.5. The van der Waals surface area contributed by atoms with Crippen LogP contribution in [0.4, 0.5) is 4.39 Å². The van der Waals surface area contributed by atoms with Crippen LogP contribution in [0.3, 0.4) is 0 Å². The summed E-state index contributed by atoms with van der Waals surface area (Å²) in [6.07, 6.45) is 7.00. The first kappa shape index (κ1) is 22.5. The molecular weight excluding hydrogens is 405 g/mol. The molecule has 0 aromatic carbocycles. The predicted molar refractivity (Wildman–Crippen MR) is 126 cm³/mol. The van der Waals surface area contributed by atoms with Crippen LogP contribution in [-0.4, -0.2) is 50.6 Å². The summed E-state index contributed by atoms with van der Waals surface area (Å²) in [6.45, 7) is 11.3. The summed E-state index contributed by atoms with van der Waals surface area (Å²) in [7, 11) is 1.64. The Morgan fingerprint density at radius 2 is 2.06 bits per heavy atom. The van der Waals surface area contributed by atoms with Gasteiger partial charge in [-0.15, -0.1) is 0 Å². The first-order valence-electron chi connectivity index (χ1n) is 12.6. The minimum absolute atomic E-state index is 0.0598. The molecule has 6 unspecified atom stereocenters. The number of allylic oxidation sites excluding steroid dienone is 1. The number of oxime groups is 1. The molecule has 5 fully saturated rings. The first-order chi connectivity index (χ1) is 15.4. The molecule has 0 bridgehead atoms. The predicted octanol–water partition coefficient (Wildman–Crippen LogP) is 4.92. The van der Waals surface area contributed by atoms with Gasteiger partial charge in [0.25, 0.3) is 0 Å². The van der Waals surface area contributed by atoms with Crippen LogP contribution in [0.5, 0.6) is 0 Å². The lowest BCUT2D eigenvalue weighted by molar-refractivity contribution is -0.0956. The van der Waals surface area contributed by atoms with E-state index < -0.39 is 6.17 Å². The number of hydrogen-bond acceptors (Lipinski definition) is 5. The fraction of sp³-hybridized carbons (Fsp3) is 0.846. The molecule has 1 heterocycles. The summed E-state index contributed by atoms with van der Waals surface area (Å²) in [5.41, 5.74) is 3.43. The van der Waals surface area contributed by atoms with E-state index in [1.165, 1.54) is 11.3 Å². The minimum Gasteiger partial charge on any atom is -0.399 e. The van der Waals surface area contributed by atoms with Crippen molar-refractivity contribution in [1.29, 1.82) is 0 Å². The molecule has 1 N–H and O–H groups in total. The summed E-state index contributed by atoms with van der Waals surface area (Å²) in [6, 6.07) is 0. The van der Waals surface area contributed by atoms with Crippen LogP contribution in [0.2, 0.25) is 0 Å². The van der Waals surface area contributed by atoms with Crippen LogP contribution in [0.1, 0.15) is 65.2 Å². The van der Waals surface area contributed by atoms with Crippen molar-refractivity contribution in [2.75, 3.05) is 26.9 Å². The Hall–Kier alpha value is -1.27. The van der Waals surface area contributed by atoms with Crippen molar-refractivity contribution in [1.82, 2.24) is 5.32 Å². The molecule has 0 aromatic heterocycles. The van der Waals surface area contributed by atoms with Gasteiger partial charge in [0.1, 0.15) is 20.0 Å². The molecule has 32 heavy (non-hydrogen) atoms. The Labute approximate surface area is 192 Å². The Kier molecular flexibility index (Phi) is 5.98. The molecule has 1 saturated heterocycles. The van der Waals surface area contributed by atoms with Crippen LogP contribution in [-0.2, 0) is 9.57 Å². The van der Waals surface area contributed by atoms with Crippen LogP contribution in [0.15, 0.2) is 22.3 Å². The number of halogens is 1. The zero-order valence-electron chi connectivity index (χ0n) is 20.0. The minimum atomic E-state index is -0.774. The van der Waals surface area contributed by atoms with Gasteiger partial charge in [-0.05, 0) is 86.5 Å². The van der Waals surface area contributed by atoms with Gasteiger partial charge in [-0.25, -0.2) is 4.39 Å². The summed E-state index contributed by atoms with van der Waals surface area (Å²) in [5, 5.41) is 7.87. The molecule has 4 saturated carbocycles. The maximum atomic E-state index is 16.0. The van der Waals surface area contributed by atoms with Crippen LogP contribution < -0.4 is 5.32 Å². The second-order valence-electron chi connectivity index (χ2n) is 11.4. The molecule has 1 aliphatic heterocycles. The van der Waals surface area contributed by atoms with Crippen molar-refractivity contribution in [2.24, 2.45) is 44.6 Å². The van der Waals surface area contributed by atoms with Gasteiger partial charge in [0.2, 0.25) is 0 Å². The van der Waals surface area contributed by atoms with E-state index in [0.29, 0.717) is 25.0 Å². The highest BCUT2D eigenvalue weighted by molar-refractivity contribution is 5.96. The molecule has 0 aromatic rings. The summed E-state index contributed by atoms with van der Waals surface area (Å²) in [5.74, 6) is 1.14. The van der Waals surface area contributed by atoms with Crippen molar-refractivity contribution < 1.29 is 14.0 Å². The van der Waals surface area contributed by atoms with Gasteiger partial charge in [-0.3, -0.25) is 4.99 Å². The SMILES string of the molecule is C=C1CCC2C3C/C(=N\OC)C4C/C(=N/COC5CCNC5)CC[C@]4(C)C3C(F)C[C@]12C. The molecule has 6 heteroatoms. The number of fused-ring (bicyclic) bond motifs is 5. The number of nitrogens with zero attached hydrogens (tertiary/aromatic N) is 2. The van der Waals surface area contributed by atoms with E-state index >= 15 is 4.39 Å². The van der Waals surface area contributed by atoms with E-state index in [4.69, 9.17) is 14.6 Å². The summed E-state index contributed by atoms with van der Waals surface area (Å²) >= 11 is 0. The van der Waals surface area contributed by atoms with Crippen molar-refractivity contribution in [3.63, 3.8) is 0 Å². The van der Waals surface area contributed by atoms with Gasteiger partial charge < -0.3 is 14.9 Å². The molecule has 5 nitrogen and oxygen atoms in total. The van der Waals surface area contributed by atoms with Gasteiger partial charge in [0, 0.05) is 18.2 Å². The molecule has 4 aliphatic carbocycles. The number of alkyl halides is 1. The van der Waals surface area contributed by atoms with E-state index in [2.05, 4.69) is 30.9 Å². The fourth-order valence-corrected chi connectivity index (χ4v) is 8.21. The van der Waals surface area contributed by atoms with Gasteiger partial charge in [-0.1, -0.05) is 31.2 Å². The molecular formula is C26H40FN3O2. The number of ether oxygens (including phenoxy) is 1. The molecule has 5 rings (SSSR count). The van der Waals surface area contributed by atoms with Crippen molar-refractivity contribution in [3.8, 4) is 0 Å². The third-order valence-electron chi connectivity index (χ3n) is 9.99. The molecule has 0 amide bonds. The normalized spacial score (nSPS) is 48.6. The Bertz CT molecular complexity index is 807. The maximum absolute atomic E-state index is 16.0. The van der Waals surface area contributed by atoms with E-state index in [9.17, 15) is 0 Å². The topological polar surface area (TPSA) is 55.2 Å². The largest absolute Gasteiger partial charge is 0.399 e. The highest BCUT2D eigenvalue weighted by Gasteiger charge is 2.63. The van der Waals surface area contributed by atoms with Crippen molar-refractivity contribution >= 4 is 11.4 Å². The number of rotatable bonds is 4. The zero-order valence-corrected chi connectivity index (χ0v) is 20.0. The fourth-order valence-electron chi connectivity index (χ4n) is 8.21. The third kappa shape index (κ3) is 3.56. The average molecular weight is 446 g/mol. The second-order valence-corrected chi connectivity index (χ2v) is 11.4. The Morgan fingerprint density at radius 1 is 1.22 bits per heavy atom. The lowest BCUT2D eigenvalue weighted by Crippen LogP contribution is -2.60. The van der Waals surface area contributed by atoms with Gasteiger partial charge in [0.15, 0.2) is 0 Å². The molecule has 8 atom stereocenters. The van der Waals surface area contributed by atoms with Crippen molar-refractivity contribution in [3.05, 3.63) is 12.2 Å². The Balaban J connectivity index is 1.39. The standard InChI is InChI=1S/C26H40FN3O2/c1-16-5-6-20-19-12-23(30-31-4)21-11-17(29-15-32-18-8-10-28-14-18)7-9-25(21,2)24(19)22(27)13-26(16,20)3/h18-22,24,28H,1,5-15H2,2-4H3/b29-17+,30-23+/t18?,19?,20?,21?,22?,24?,25-,26+/m0/s1. The van der Waals surface area contributed by atoms with Gasteiger partial charge >= 0.3 is 0 Å². The summed E-state index contributed by atoms with van der Waals surface area (Å²) in [4.78, 5) is 10.2. The highest BCUT2D eigenvalue weighted by Crippen LogP contribution is 2.67. The van der Waals surface area contributed by atoms with E-state index in [1.54, 1.807) is 7.11 Å². The van der Waals surface area contributed by atoms with E-state index in [1.807, 2.05) is 0 Å². The van der Waals surface area contributed by atoms with Gasteiger partial charge in [-0.2, -0.15) is 0 Å². The lowest BCUT2D eigenvalue weighted by Gasteiger charge is -2.60. The highest BCUT2D eigenvalue weighted by atomic mass is 19.1. The van der Waals surface area contributed by atoms with Crippen LogP contribution >= 0.6 is 0 Å². The number of hydrogen-bond donors (Lipinski definition) is 1. The van der Waals surface area contributed by atoms with E-state index in [0.717, 1.165) is 63.7 Å².